The molecular formula is C8H14N4O4S. The SMILES string of the molecule is Cc1cn[nH]c1NS(=O)(=O)N(C)CCC(=O)O. The predicted molar refractivity (Wildman–Crippen MR) is 60.8 cm³/mol. The van der Waals surface area contributed by atoms with Crippen molar-refractivity contribution in [1.82, 2.24) is 14.5 Å². The lowest BCUT2D eigenvalue weighted by Crippen LogP contribution is -2.34. The van der Waals surface area contributed by atoms with Crippen LogP contribution in [0.15, 0.2) is 6.20 Å². The van der Waals surface area contributed by atoms with Crippen molar-refractivity contribution in [2.24, 2.45) is 0 Å². The molecule has 3 N–H and O–H groups in total. The minimum absolute atomic E-state index is 0.0994. The molecule has 0 saturated heterocycles. The number of carboxylic acids is 1. The molecule has 0 aromatic carbocycles. The zero-order valence-electron chi connectivity index (χ0n) is 9.47. The average molecular weight is 262 g/mol. The molecule has 1 rings (SSSR count). The average Bonchev–Trinajstić information content (AvgIpc) is 2.60. The fourth-order valence-corrected chi connectivity index (χ4v) is 1.98. The van der Waals surface area contributed by atoms with Gasteiger partial charge in [-0.2, -0.15) is 17.8 Å². The number of aromatic amines is 1. The fourth-order valence-electron chi connectivity index (χ4n) is 1.03. The highest BCUT2D eigenvalue weighted by molar-refractivity contribution is 7.90. The normalized spacial score (nSPS) is 11.7. The van der Waals surface area contributed by atoms with E-state index < -0.39 is 16.2 Å². The largest absolute Gasteiger partial charge is 0.481 e. The quantitative estimate of drug-likeness (QED) is 0.655. The number of hydrogen-bond acceptors (Lipinski definition) is 4. The number of aromatic nitrogens is 2. The van der Waals surface area contributed by atoms with Gasteiger partial charge in [0.25, 0.3) is 0 Å². The van der Waals surface area contributed by atoms with E-state index >= 15 is 0 Å². The molecule has 96 valence electrons. The minimum atomic E-state index is -3.75. The molecular weight excluding hydrogens is 248 g/mol. The highest BCUT2D eigenvalue weighted by atomic mass is 32.2. The van der Waals surface area contributed by atoms with Crippen LogP contribution in [-0.2, 0) is 15.0 Å². The van der Waals surface area contributed by atoms with Crippen LogP contribution in [0.3, 0.4) is 0 Å². The van der Waals surface area contributed by atoms with Gasteiger partial charge in [0.05, 0.1) is 12.6 Å². The highest BCUT2D eigenvalue weighted by Gasteiger charge is 2.19. The van der Waals surface area contributed by atoms with Crippen molar-refractivity contribution in [3.05, 3.63) is 11.8 Å². The summed E-state index contributed by atoms with van der Waals surface area (Å²) in [6, 6.07) is 0. The first-order valence-electron chi connectivity index (χ1n) is 4.79. The second-order valence-corrected chi connectivity index (χ2v) is 5.28. The van der Waals surface area contributed by atoms with Crippen LogP contribution >= 0.6 is 0 Å². The number of H-pyrrole nitrogens is 1. The summed E-state index contributed by atoms with van der Waals surface area (Å²) < 4.78 is 26.7. The van der Waals surface area contributed by atoms with E-state index in [0.717, 1.165) is 4.31 Å². The maximum absolute atomic E-state index is 11.7. The van der Waals surface area contributed by atoms with Gasteiger partial charge in [-0.05, 0) is 6.92 Å². The van der Waals surface area contributed by atoms with E-state index in [9.17, 15) is 13.2 Å². The standard InChI is InChI=1S/C8H14N4O4S/c1-6-5-9-10-8(6)11-17(15,16)12(2)4-3-7(13)14/h5H,3-4H2,1-2H3,(H,13,14)(H2,9,10,11). The Kier molecular flexibility index (Phi) is 4.07. The molecule has 0 spiro atoms. The summed E-state index contributed by atoms with van der Waals surface area (Å²) in [5.74, 6) is -0.781. The van der Waals surface area contributed by atoms with E-state index in [-0.39, 0.29) is 18.8 Å². The third-order valence-electron chi connectivity index (χ3n) is 2.11. The topological polar surface area (TPSA) is 115 Å². The van der Waals surface area contributed by atoms with Crippen molar-refractivity contribution >= 4 is 22.0 Å². The van der Waals surface area contributed by atoms with Gasteiger partial charge in [0.15, 0.2) is 0 Å². The van der Waals surface area contributed by atoms with Crippen LogP contribution in [0.1, 0.15) is 12.0 Å². The number of aryl methyl sites for hydroxylation is 1. The number of carbonyl (C=O) groups is 1. The lowest BCUT2D eigenvalue weighted by Gasteiger charge is -2.16. The van der Waals surface area contributed by atoms with Crippen molar-refractivity contribution in [2.75, 3.05) is 18.3 Å². The molecule has 1 aromatic heterocycles. The van der Waals surface area contributed by atoms with Crippen molar-refractivity contribution in [2.45, 2.75) is 13.3 Å². The Morgan fingerprint density at radius 3 is 2.76 bits per heavy atom. The molecule has 0 unspecified atom stereocenters. The third-order valence-corrected chi connectivity index (χ3v) is 3.58. The van der Waals surface area contributed by atoms with Crippen LogP contribution in [0, 0.1) is 6.92 Å². The van der Waals surface area contributed by atoms with Gasteiger partial charge in [-0.25, -0.2) is 0 Å². The van der Waals surface area contributed by atoms with E-state index in [1.165, 1.54) is 13.2 Å². The number of anilines is 1. The Labute approximate surface area is 98.8 Å². The first-order chi connectivity index (χ1) is 7.83. The summed E-state index contributed by atoms with van der Waals surface area (Å²) in [6.07, 6.45) is 1.23. The molecule has 1 aromatic rings. The number of carboxylic acid groups (broad SMARTS) is 1. The Hall–Kier alpha value is -1.61. The lowest BCUT2D eigenvalue weighted by molar-refractivity contribution is -0.137. The van der Waals surface area contributed by atoms with Crippen molar-refractivity contribution in [3.8, 4) is 0 Å². The zero-order valence-corrected chi connectivity index (χ0v) is 10.3. The second kappa shape index (κ2) is 5.15. The van der Waals surface area contributed by atoms with Crippen LogP contribution in [0.4, 0.5) is 5.82 Å². The summed E-state index contributed by atoms with van der Waals surface area (Å²) in [6.45, 7) is 1.59. The van der Waals surface area contributed by atoms with E-state index in [1.807, 2.05) is 0 Å². The van der Waals surface area contributed by atoms with Crippen molar-refractivity contribution in [1.29, 1.82) is 0 Å². The smallest absolute Gasteiger partial charge is 0.304 e. The first-order valence-corrected chi connectivity index (χ1v) is 6.23. The molecule has 9 heteroatoms. The van der Waals surface area contributed by atoms with Crippen LogP contribution in [0.2, 0.25) is 0 Å². The zero-order chi connectivity index (χ0) is 13.1. The maximum atomic E-state index is 11.7. The van der Waals surface area contributed by atoms with Crippen LogP contribution in [0.5, 0.6) is 0 Å². The van der Waals surface area contributed by atoms with Gasteiger partial charge < -0.3 is 5.11 Å². The molecule has 0 aliphatic rings. The van der Waals surface area contributed by atoms with Crippen LogP contribution < -0.4 is 4.72 Å². The van der Waals surface area contributed by atoms with Gasteiger partial charge in [-0.15, -0.1) is 0 Å². The van der Waals surface area contributed by atoms with Crippen molar-refractivity contribution in [3.63, 3.8) is 0 Å². The number of rotatable bonds is 6. The molecule has 0 atom stereocenters. The first kappa shape index (κ1) is 13.5. The van der Waals surface area contributed by atoms with Gasteiger partial charge >= 0.3 is 16.2 Å². The molecule has 17 heavy (non-hydrogen) atoms. The molecule has 1 heterocycles. The summed E-state index contributed by atoms with van der Waals surface area (Å²) in [5, 5.41) is 14.6. The monoisotopic (exact) mass is 262 g/mol. The number of hydrogen-bond donors (Lipinski definition) is 3. The van der Waals surface area contributed by atoms with E-state index in [2.05, 4.69) is 14.9 Å². The van der Waals surface area contributed by atoms with E-state index in [1.54, 1.807) is 6.92 Å². The maximum Gasteiger partial charge on any atom is 0.304 e. The molecule has 8 nitrogen and oxygen atoms in total. The molecule has 0 amide bonds. The number of aliphatic carboxylic acids is 1. The summed E-state index contributed by atoms with van der Waals surface area (Å²) in [4.78, 5) is 10.3. The van der Waals surface area contributed by atoms with E-state index in [4.69, 9.17) is 5.11 Å². The fraction of sp³-hybridized carbons (Fsp3) is 0.500. The van der Waals surface area contributed by atoms with Gasteiger partial charge in [0, 0.05) is 19.2 Å². The Morgan fingerprint density at radius 2 is 2.29 bits per heavy atom. The Morgan fingerprint density at radius 1 is 1.65 bits per heavy atom. The summed E-state index contributed by atoms with van der Waals surface area (Å²) in [5.41, 5.74) is 0.653. The molecule has 0 radical (unpaired) electrons. The van der Waals surface area contributed by atoms with Gasteiger partial charge in [0.1, 0.15) is 5.82 Å². The van der Waals surface area contributed by atoms with Crippen molar-refractivity contribution < 1.29 is 18.3 Å². The van der Waals surface area contributed by atoms with Crippen LogP contribution in [0.25, 0.3) is 0 Å². The molecule has 0 fully saturated rings. The summed E-state index contributed by atoms with van der Waals surface area (Å²) >= 11 is 0. The molecule has 0 aliphatic carbocycles. The summed E-state index contributed by atoms with van der Waals surface area (Å²) in [7, 11) is -2.45. The van der Waals surface area contributed by atoms with Gasteiger partial charge in [-0.1, -0.05) is 0 Å². The molecule has 0 bridgehead atoms. The van der Waals surface area contributed by atoms with Gasteiger partial charge in [0.2, 0.25) is 0 Å². The molecule has 0 aliphatic heterocycles. The minimum Gasteiger partial charge on any atom is -0.481 e. The second-order valence-electron chi connectivity index (χ2n) is 3.50. The Bertz CT molecular complexity index is 495. The Balaban J connectivity index is 2.68. The highest BCUT2D eigenvalue weighted by Crippen LogP contribution is 2.12. The number of nitrogens with zero attached hydrogens (tertiary/aromatic N) is 2. The number of nitrogens with one attached hydrogen (secondary N) is 2. The van der Waals surface area contributed by atoms with Gasteiger partial charge in [-0.3, -0.25) is 14.6 Å². The predicted octanol–water partition coefficient (Wildman–Crippen LogP) is -0.219. The molecule has 0 saturated carbocycles. The lowest BCUT2D eigenvalue weighted by atomic mass is 10.4. The third kappa shape index (κ3) is 3.71. The van der Waals surface area contributed by atoms with E-state index in [0.29, 0.717) is 5.56 Å². The van der Waals surface area contributed by atoms with Crippen LogP contribution in [-0.4, -0.2) is 47.6 Å².